The summed E-state index contributed by atoms with van der Waals surface area (Å²) in [5.41, 5.74) is 2.11. The van der Waals surface area contributed by atoms with Crippen LogP contribution in [0.3, 0.4) is 0 Å². The van der Waals surface area contributed by atoms with E-state index in [1.165, 1.54) is 0 Å². The molecule has 1 saturated heterocycles. The van der Waals surface area contributed by atoms with Crippen molar-refractivity contribution in [2.45, 2.75) is 13.5 Å². The standard InChI is InChI=1S/C12H19N3O.ClH/c1-10-7-12(16-2)8-11(14-10)9-15-5-3-13-4-6-15;/h7-8,13H,3-6,9H2,1-2H3;1H. The Labute approximate surface area is 109 Å². The number of piperazine rings is 1. The lowest BCUT2D eigenvalue weighted by Gasteiger charge is -2.26. The second-order valence-electron chi connectivity index (χ2n) is 4.17. The maximum atomic E-state index is 5.25. The smallest absolute Gasteiger partial charge is 0.122 e. The summed E-state index contributed by atoms with van der Waals surface area (Å²) in [4.78, 5) is 6.95. The number of pyridine rings is 1. The molecule has 1 fully saturated rings. The number of hydrogen-bond acceptors (Lipinski definition) is 4. The fourth-order valence-corrected chi connectivity index (χ4v) is 2.00. The number of aryl methyl sites for hydroxylation is 1. The van der Waals surface area contributed by atoms with Gasteiger partial charge < -0.3 is 10.1 Å². The highest BCUT2D eigenvalue weighted by atomic mass is 35.5. The molecule has 1 N–H and O–H groups in total. The maximum absolute atomic E-state index is 5.25. The van der Waals surface area contributed by atoms with E-state index in [1.807, 2.05) is 19.1 Å². The number of halogens is 1. The molecule has 1 aliphatic heterocycles. The molecule has 2 rings (SSSR count). The lowest BCUT2D eigenvalue weighted by Crippen LogP contribution is -2.43. The van der Waals surface area contributed by atoms with Gasteiger partial charge in [-0.15, -0.1) is 12.4 Å². The zero-order chi connectivity index (χ0) is 11.4. The van der Waals surface area contributed by atoms with Gasteiger partial charge in [0.2, 0.25) is 0 Å². The number of nitrogens with one attached hydrogen (secondary N) is 1. The van der Waals surface area contributed by atoms with Crippen LogP contribution in [0.25, 0.3) is 0 Å². The molecule has 0 atom stereocenters. The lowest BCUT2D eigenvalue weighted by atomic mass is 10.2. The van der Waals surface area contributed by atoms with Gasteiger partial charge in [0.15, 0.2) is 0 Å². The van der Waals surface area contributed by atoms with Gasteiger partial charge in [-0.2, -0.15) is 0 Å². The number of aromatic nitrogens is 1. The van der Waals surface area contributed by atoms with Crippen LogP contribution in [0.4, 0.5) is 0 Å². The predicted molar refractivity (Wildman–Crippen MR) is 70.9 cm³/mol. The largest absolute Gasteiger partial charge is 0.497 e. The third kappa shape index (κ3) is 4.15. The fraction of sp³-hybridized carbons (Fsp3) is 0.583. The van der Waals surface area contributed by atoms with E-state index in [0.717, 1.165) is 49.9 Å². The monoisotopic (exact) mass is 257 g/mol. The topological polar surface area (TPSA) is 37.4 Å². The molecule has 1 aromatic rings. The molecule has 0 amide bonds. The Morgan fingerprint density at radius 2 is 2.06 bits per heavy atom. The van der Waals surface area contributed by atoms with E-state index in [9.17, 15) is 0 Å². The SMILES string of the molecule is COc1cc(C)nc(CN2CCNCC2)c1.Cl. The summed E-state index contributed by atoms with van der Waals surface area (Å²) in [5, 5.41) is 3.35. The van der Waals surface area contributed by atoms with E-state index in [1.54, 1.807) is 7.11 Å². The Morgan fingerprint density at radius 1 is 1.35 bits per heavy atom. The number of nitrogens with zero attached hydrogens (tertiary/aromatic N) is 2. The van der Waals surface area contributed by atoms with Crippen molar-refractivity contribution in [2.75, 3.05) is 33.3 Å². The summed E-state index contributed by atoms with van der Waals surface area (Å²) in [6.45, 7) is 7.26. The summed E-state index contributed by atoms with van der Waals surface area (Å²) in [6.07, 6.45) is 0. The average molecular weight is 258 g/mol. The summed E-state index contributed by atoms with van der Waals surface area (Å²) < 4.78 is 5.25. The van der Waals surface area contributed by atoms with Crippen LogP contribution < -0.4 is 10.1 Å². The molecule has 0 saturated carbocycles. The molecule has 0 aromatic carbocycles. The minimum absolute atomic E-state index is 0. The first-order valence-corrected chi connectivity index (χ1v) is 5.72. The van der Waals surface area contributed by atoms with Crippen LogP contribution in [0.1, 0.15) is 11.4 Å². The first-order valence-electron chi connectivity index (χ1n) is 5.72. The third-order valence-corrected chi connectivity index (χ3v) is 2.81. The highest BCUT2D eigenvalue weighted by Gasteiger charge is 2.11. The second-order valence-corrected chi connectivity index (χ2v) is 4.17. The number of hydrogen-bond donors (Lipinski definition) is 1. The highest BCUT2D eigenvalue weighted by Crippen LogP contribution is 2.14. The minimum Gasteiger partial charge on any atom is -0.497 e. The van der Waals surface area contributed by atoms with Crippen LogP contribution in [0.2, 0.25) is 0 Å². The summed E-state index contributed by atoms with van der Waals surface area (Å²) in [7, 11) is 1.70. The summed E-state index contributed by atoms with van der Waals surface area (Å²) in [6, 6.07) is 3.98. The van der Waals surface area contributed by atoms with Crippen LogP contribution in [0.15, 0.2) is 12.1 Å². The van der Waals surface area contributed by atoms with Crippen molar-refractivity contribution in [3.8, 4) is 5.75 Å². The second kappa shape index (κ2) is 6.79. The molecule has 17 heavy (non-hydrogen) atoms. The Balaban J connectivity index is 0.00000144. The average Bonchev–Trinajstić information content (AvgIpc) is 2.29. The molecule has 1 aliphatic rings. The molecular formula is C12H20ClN3O. The first-order chi connectivity index (χ1) is 7.78. The van der Waals surface area contributed by atoms with Crippen LogP contribution in [0.5, 0.6) is 5.75 Å². The van der Waals surface area contributed by atoms with Crippen molar-refractivity contribution in [2.24, 2.45) is 0 Å². The van der Waals surface area contributed by atoms with E-state index in [2.05, 4.69) is 15.2 Å². The van der Waals surface area contributed by atoms with E-state index < -0.39 is 0 Å². The Bertz CT molecular complexity index is 354. The fourth-order valence-electron chi connectivity index (χ4n) is 2.00. The molecule has 0 aliphatic carbocycles. The van der Waals surface area contributed by atoms with Gasteiger partial charge in [-0.05, 0) is 6.92 Å². The van der Waals surface area contributed by atoms with Gasteiger partial charge >= 0.3 is 0 Å². The molecule has 0 bridgehead atoms. The van der Waals surface area contributed by atoms with Crippen LogP contribution in [0, 0.1) is 6.92 Å². The molecule has 1 aromatic heterocycles. The van der Waals surface area contributed by atoms with Crippen molar-refractivity contribution in [1.82, 2.24) is 15.2 Å². The molecule has 96 valence electrons. The van der Waals surface area contributed by atoms with Gasteiger partial charge in [0.25, 0.3) is 0 Å². The van der Waals surface area contributed by atoms with E-state index in [0.29, 0.717) is 0 Å². The van der Waals surface area contributed by atoms with Crippen molar-refractivity contribution in [3.05, 3.63) is 23.5 Å². The van der Waals surface area contributed by atoms with Gasteiger partial charge in [0.1, 0.15) is 5.75 Å². The maximum Gasteiger partial charge on any atom is 0.122 e. The Hall–Kier alpha value is -0.840. The Morgan fingerprint density at radius 3 is 2.71 bits per heavy atom. The zero-order valence-electron chi connectivity index (χ0n) is 10.4. The van der Waals surface area contributed by atoms with Crippen LogP contribution >= 0.6 is 12.4 Å². The summed E-state index contributed by atoms with van der Waals surface area (Å²) in [5.74, 6) is 0.901. The van der Waals surface area contributed by atoms with Crippen LogP contribution in [-0.2, 0) is 6.54 Å². The molecule has 4 nitrogen and oxygen atoms in total. The molecule has 0 unspecified atom stereocenters. The van der Waals surface area contributed by atoms with Crippen molar-refractivity contribution in [3.63, 3.8) is 0 Å². The summed E-state index contributed by atoms with van der Waals surface area (Å²) >= 11 is 0. The minimum atomic E-state index is 0. The normalized spacial score (nSPS) is 16.4. The molecular weight excluding hydrogens is 238 g/mol. The van der Waals surface area contributed by atoms with Gasteiger partial charge in [0.05, 0.1) is 12.8 Å². The number of rotatable bonds is 3. The van der Waals surface area contributed by atoms with Crippen molar-refractivity contribution >= 4 is 12.4 Å². The quantitative estimate of drug-likeness (QED) is 0.884. The zero-order valence-corrected chi connectivity index (χ0v) is 11.2. The first kappa shape index (κ1) is 14.2. The number of ether oxygens (including phenoxy) is 1. The number of methoxy groups -OCH3 is 1. The van der Waals surface area contributed by atoms with E-state index in [-0.39, 0.29) is 12.4 Å². The van der Waals surface area contributed by atoms with Gasteiger partial charge in [-0.3, -0.25) is 9.88 Å². The van der Waals surface area contributed by atoms with Crippen LogP contribution in [-0.4, -0.2) is 43.2 Å². The molecule has 0 spiro atoms. The highest BCUT2D eigenvalue weighted by molar-refractivity contribution is 5.85. The third-order valence-electron chi connectivity index (χ3n) is 2.81. The molecule has 5 heteroatoms. The van der Waals surface area contributed by atoms with Gasteiger partial charge in [-0.25, -0.2) is 0 Å². The Kier molecular flexibility index (Phi) is 5.68. The van der Waals surface area contributed by atoms with E-state index in [4.69, 9.17) is 4.74 Å². The van der Waals surface area contributed by atoms with Gasteiger partial charge in [0, 0.05) is 50.6 Å². The van der Waals surface area contributed by atoms with Crippen molar-refractivity contribution < 1.29 is 4.74 Å². The lowest BCUT2D eigenvalue weighted by molar-refractivity contribution is 0.230. The molecule has 0 radical (unpaired) electrons. The molecule has 2 heterocycles. The van der Waals surface area contributed by atoms with Gasteiger partial charge in [-0.1, -0.05) is 0 Å². The van der Waals surface area contributed by atoms with E-state index >= 15 is 0 Å². The van der Waals surface area contributed by atoms with Crippen molar-refractivity contribution in [1.29, 1.82) is 0 Å². The predicted octanol–water partition coefficient (Wildman–Crippen LogP) is 1.23.